The maximum absolute atomic E-state index is 5.03. The van der Waals surface area contributed by atoms with Gasteiger partial charge in [-0.2, -0.15) is 0 Å². The van der Waals surface area contributed by atoms with Gasteiger partial charge >= 0.3 is 0 Å². The third-order valence-electron chi connectivity index (χ3n) is 4.19. The third kappa shape index (κ3) is 4.00. The summed E-state index contributed by atoms with van der Waals surface area (Å²) in [5, 5.41) is 3.38. The second-order valence-corrected chi connectivity index (χ2v) is 5.71. The van der Waals surface area contributed by atoms with Crippen LogP contribution in [0, 0.1) is 13.8 Å². The van der Waals surface area contributed by atoms with Crippen molar-refractivity contribution in [1.29, 1.82) is 0 Å². The molecule has 4 heteroatoms. The molecule has 4 nitrogen and oxygen atoms in total. The molecule has 1 aliphatic rings. The van der Waals surface area contributed by atoms with Gasteiger partial charge in [0.15, 0.2) is 0 Å². The quantitative estimate of drug-likeness (QED) is 0.778. The van der Waals surface area contributed by atoms with E-state index < -0.39 is 0 Å². The van der Waals surface area contributed by atoms with E-state index in [0.717, 1.165) is 43.3 Å². The summed E-state index contributed by atoms with van der Waals surface area (Å²) in [6.45, 7) is 6.86. The molecule has 0 bridgehead atoms. The molecule has 1 aromatic rings. The summed E-state index contributed by atoms with van der Waals surface area (Å²) in [5.74, 6) is 1.68. The minimum absolute atomic E-state index is 0.598. The number of methoxy groups -OCH3 is 1. The highest BCUT2D eigenvalue weighted by Gasteiger charge is 2.21. The second-order valence-electron chi connectivity index (χ2n) is 5.71. The minimum atomic E-state index is 0.598. The first-order valence-electron chi connectivity index (χ1n) is 7.76. The van der Waals surface area contributed by atoms with E-state index in [9.17, 15) is 0 Å². The van der Waals surface area contributed by atoms with Gasteiger partial charge in [0.25, 0.3) is 0 Å². The summed E-state index contributed by atoms with van der Waals surface area (Å²) in [6.07, 6.45) is 6.18. The molecule has 1 heterocycles. The Labute approximate surface area is 122 Å². The Hall–Kier alpha value is -1.00. The molecule has 2 rings (SSSR count). The highest BCUT2D eigenvalue weighted by molar-refractivity contribution is 5.25. The summed E-state index contributed by atoms with van der Waals surface area (Å²) < 4.78 is 5.03. The van der Waals surface area contributed by atoms with E-state index in [0.29, 0.717) is 5.92 Å². The van der Waals surface area contributed by atoms with E-state index in [2.05, 4.69) is 19.2 Å². The normalized spacial score (nSPS) is 15.9. The maximum atomic E-state index is 5.03. The van der Waals surface area contributed by atoms with Gasteiger partial charge in [0, 0.05) is 31.0 Å². The fourth-order valence-corrected chi connectivity index (χ4v) is 3.01. The van der Waals surface area contributed by atoms with E-state index in [-0.39, 0.29) is 0 Å². The first kappa shape index (κ1) is 15.4. The number of aromatic nitrogens is 2. The molecule has 1 fully saturated rings. The lowest BCUT2D eigenvalue weighted by molar-refractivity contribution is 0.199. The lowest BCUT2D eigenvalue weighted by Crippen LogP contribution is -2.22. The molecule has 0 saturated heterocycles. The second kappa shape index (κ2) is 7.70. The molecule has 0 aromatic carbocycles. The van der Waals surface area contributed by atoms with Crippen LogP contribution in [0.15, 0.2) is 0 Å². The van der Waals surface area contributed by atoms with Gasteiger partial charge in [-0.05, 0) is 45.2 Å². The van der Waals surface area contributed by atoms with E-state index in [4.69, 9.17) is 14.7 Å². The number of hydrogen-bond donors (Lipinski definition) is 1. The van der Waals surface area contributed by atoms with Gasteiger partial charge in [-0.25, -0.2) is 9.97 Å². The summed E-state index contributed by atoms with van der Waals surface area (Å²) in [6, 6.07) is 0. The molecule has 1 aromatic heterocycles. The van der Waals surface area contributed by atoms with Gasteiger partial charge in [0.2, 0.25) is 0 Å². The zero-order chi connectivity index (χ0) is 14.4. The zero-order valence-electron chi connectivity index (χ0n) is 13.0. The van der Waals surface area contributed by atoms with Gasteiger partial charge in [-0.15, -0.1) is 0 Å². The number of nitrogens with zero attached hydrogens (tertiary/aromatic N) is 2. The Morgan fingerprint density at radius 3 is 2.35 bits per heavy atom. The minimum Gasteiger partial charge on any atom is -0.383 e. The van der Waals surface area contributed by atoms with Crippen molar-refractivity contribution < 1.29 is 4.74 Å². The maximum Gasteiger partial charge on any atom is 0.131 e. The molecule has 20 heavy (non-hydrogen) atoms. The Bertz CT molecular complexity index is 405. The van der Waals surface area contributed by atoms with Crippen LogP contribution in [0.1, 0.15) is 54.4 Å². The lowest BCUT2D eigenvalue weighted by atomic mass is 10.0. The average Bonchev–Trinajstić information content (AvgIpc) is 2.95. The Morgan fingerprint density at radius 2 is 1.75 bits per heavy atom. The van der Waals surface area contributed by atoms with Crippen LogP contribution >= 0.6 is 0 Å². The van der Waals surface area contributed by atoms with Crippen LogP contribution in [0.4, 0.5) is 0 Å². The molecule has 1 N–H and O–H groups in total. The van der Waals surface area contributed by atoms with Crippen LogP contribution in [0.3, 0.4) is 0 Å². The first-order valence-corrected chi connectivity index (χ1v) is 7.76. The molecule has 0 radical (unpaired) electrons. The van der Waals surface area contributed by atoms with Crippen molar-refractivity contribution >= 4 is 0 Å². The topological polar surface area (TPSA) is 47.0 Å². The molecule has 0 unspecified atom stereocenters. The number of ether oxygens (including phenoxy) is 1. The van der Waals surface area contributed by atoms with Crippen molar-refractivity contribution in [2.75, 3.05) is 26.8 Å². The van der Waals surface area contributed by atoms with Crippen molar-refractivity contribution in [1.82, 2.24) is 15.3 Å². The van der Waals surface area contributed by atoms with Gasteiger partial charge in [-0.3, -0.25) is 0 Å². The molecular formula is C16H27N3O. The average molecular weight is 277 g/mol. The molecule has 0 amide bonds. The number of hydrogen-bond acceptors (Lipinski definition) is 4. The summed E-state index contributed by atoms with van der Waals surface area (Å²) in [5.41, 5.74) is 3.62. The molecule has 0 atom stereocenters. The SMILES string of the molecule is COCCNCCc1c(C)nc(C2CCCC2)nc1C. The highest BCUT2D eigenvalue weighted by Crippen LogP contribution is 2.32. The van der Waals surface area contributed by atoms with Gasteiger partial charge in [-0.1, -0.05) is 12.8 Å². The Balaban J connectivity index is 1.95. The van der Waals surface area contributed by atoms with Crippen molar-refractivity contribution in [3.8, 4) is 0 Å². The van der Waals surface area contributed by atoms with Crippen molar-refractivity contribution in [3.05, 3.63) is 22.8 Å². The van der Waals surface area contributed by atoms with Crippen LogP contribution in [-0.4, -0.2) is 36.8 Å². The predicted octanol–water partition coefficient (Wildman–Crippen LogP) is 2.53. The zero-order valence-corrected chi connectivity index (χ0v) is 13.0. The van der Waals surface area contributed by atoms with Crippen LogP contribution < -0.4 is 5.32 Å². The van der Waals surface area contributed by atoms with Gasteiger partial charge in [0.1, 0.15) is 5.82 Å². The summed E-state index contributed by atoms with van der Waals surface area (Å²) in [4.78, 5) is 9.53. The molecule has 1 aliphatic carbocycles. The number of rotatable bonds is 7. The Kier molecular flexibility index (Phi) is 5.92. The number of aryl methyl sites for hydroxylation is 2. The van der Waals surface area contributed by atoms with E-state index in [1.807, 2.05) is 0 Å². The summed E-state index contributed by atoms with van der Waals surface area (Å²) in [7, 11) is 1.73. The summed E-state index contributed by atoms with van der Waals surface area (Å²) >= 11 is 0. The van der Waals surface area contributed by atoms with Gasteiger partial charge in [0.05, 0.1) is 6.61 Å². The fraction of sp³-hybridized carbons (Fsp3) is 0.750. The monoisotopic (exact) mass is 277 g/mol. The molecule has 1 saturated carbocycles. The van der Waals surface area contributed by atoms with E-state index >= 15 is 0 Å². The smallest absolute Gasteiger partial charge is 0.131 e. The Morgan fingerprint density at radius 1 is 1.10 bits per heavy atom. The van der Waals surface area contributed by atoms with Crippen LogP contribution in [-0.2, 0) is 11.2 Å². The van der Waals surface area contributed by atoms with Crippen LogP contribution in [0.5, 0.6) is 0 Å². The van der Waals surface area contributed by atoms with Crippen LogP contribution in [0.25, 0.3) is 0 Å². The number of nitrogens with one attached hydrogen (secondary N) is 1. The molecule has 0 aliphatic heterocycles. The highest BCUT2D eigenvalue weighted by atomic mass is 16.5. The largest absolute Gasteiger partial charge is 0.383 e. The third-order valence-corrected chi connectivity index (χ3v) is 4.19. The molecule has 112 valence electrons. The van der Waals surface area contributed by atoms with E-state index in [1.54, 1.807) is 7.11 Å². The molecule has 0 spiro atoms. The fourth-order valence-electron chi connectivity index (χ4n) is 3.01. The van der Waals surface area contributed by atoms with Crippen molar-refractivity contribution in [2.45, 2.75) is 51.9 Å². The molecular weight excluding hydrogens is 250 g/mol. The van der Waals surface area contributed by atoms with Gasteiger partial charge < -0.3 is 10.1 Å². The van der Waals surface area contributed by atoms with Crippen molar-refractivity contribution in [2.24, 2.45) is 0 Å². The van der Waals surface area contributed by atoms with Crippen LogP contribution in [0.2, 0.25) is 0 Å². The first-order chi connectivity index (χ1) is 9.72. The standard InChI is InChI=1S/C16H27N3O/c1-12-15(8-9-17-10-11-20-3)13(2)19-16(18-12)14-6-4-5-7-14/h14,17H,4-11H2,1-3H3. The predicted molar refractivity (Wildman–Crippen MR) is 81.2 cm³/mol. The van der Waals surface area contributed by atoms with Crippen molar-refractivity contribution in [3.63, 3.8) is 0 Å². The van der Waals surface area contributed by atoms with E-state index in [1.165, 1.54) is 31.2 Å². The lowest BCUT2D eigenvalue weighted by Gasteiger charge is -2.14.